The Morgan fingerprint density at radius 2 is 1.78 bits per heavy atom. The average Bonchev–Trinajstić information content (AvgIpc) is 2.66. The molecule has 0 fully saturated rings. The Kier molecular flexibility index (Phi) is 7.06. The van der Waals surface area contributed by atoms with E-state index in [4.69, 9.17) is 21.1 Å². The number of hydrogen-bond donors (Lipinski definition) is 2. The lowest BCUT2D eigenvalue weighted by atomic mass is 10.2. The molecule has 9 heteroatoms. The summed E-state index contributed by atoms with van der Waals surface area (Å²) in [5.41, 5.74) is 0.857. The summed E-state index contributed by atoms with van der Waals surface area (Å²) in [6.07, 6.45) is 0. The van der Waals surface area contributed by atoms with Gasteiger partial charge in [0.1, 0.15) is 16.4 Å². The molecular formula is C18H21ClN2O5S. The molecule has 2 rings (SSSR count). The maximum atomic E-state index is 12.6. The van der Waals surface area contributed by atoms with E-state index in [9.17, 15) is 13.2 Å². The van der Waals surface area contributed by atoms with Crippen molar-refractivity contribution in [3.63, 3.8) is 0 Å². The van der Waals surface area contributed by atoms with E-state index >= 15 is 0 Å². The first-order valence-corrected chi connectivity index (χ1v) is 9.89. The number of hydrogen-bond acceptors (Lipinski definition) is 5. The SMILES string of the molecule is COc1ccc(CNC(=O)[C@H](C)NS(=O)(=O)c2cc(Cl)ccc2OC)cc1. The van der Waals surface area contributed by atoms with Crippen molar-refractivity contribution < 1.29 is 22.7 Å². The van der Waals surface area contributed by atoms with Crippen molar-refractivity contribution in [1.29, 1.82) is 0 Å². The number of methoxy groups -OCH3 is 2. The van der Waals surface area contributed by atoms with Crippen LogP contribution in [0.4, 0.5) is 0 Å². The number of ether oxygens (including phenoxy) is 2. The molecule has 7 nitrogen and oxygen atoms in total. The molecule has 0 aliphatic carbocycles. The third-order valence-corrected chi connectivity index (χ3v) is 5.56. The van der Waals surface area contributed by atoms with Crippen LogP contribution in [-0.4, -0.2) is 34.6 Å². The highest BCUT2D eigenvalue weighted by atomic mass is 35.5. The fourth-order valence-corrected chi connectivity index (χ4v) is 3.93. The number of rotatable bonds is 8. The largest absolute Gasteiger partial charge is 0.497 e. The van der Waals surface area contributed by atoms with Crippen LogP contribution in [0.1, 0.15) is 12.5 Å². The lowest BCUT2D eigenvalue weighted by Gasteiger charge is -2.16. The van der Waals surface area contributed by atoms with Crippen LogP contribution in [0.2, 0.25) is 5.02 Å². The topological polar surface area (TPSA) is 93.7 Å². The molecule has 2 N–H and O–H groups in total. The first-order valence-electron chi connectivity index (χ1n) is 8.03. The Morgan fingerprint density at radius 1 is 1.11 bits per heavy atom. The maximum absolute atomic E-state index is 12.6. The van der Waals surface area contributed by atoms with E-state index in [1.54, 1.807) is 19.2 Å². The molecule has 0 radical (unpaired) electrons. The molecule has 0 saturated carbocycles. The number of carbonyl (C=O) groups excluding carboxylic acids is 1. The normalized spacial score (nSPS) is 12.3. The Balaban J connectivity index is 2.03. The highest BCUT2D eigenvalue weighted by Gasteiger charge is 2.25. The highest BCUT2D eigenvalue weighted by molar-refractivity contribution is 7.89. The van der Waals surface area contributed by atoms with Gasteiger partial charge in [-0.3, -0.25) is 4.79 Å². The van der Waals surface area contributed by atoms with E-state index in [1.165, 1.54) is 32.2 Å². The summed E-state index contributed by atoms with van der Waals surface area (Å²) in [6.45, 7) is 1.72. The van der Waals surface area contributed by atoms with E-state index in [2.05, 4.69) is 10.0 Å². The Bertz CT molecular complexity index is 900. The van der Waals surface area contributed by atoms with Gasteiger partial charge in [0.15, 0.2) is 0 Å². The second-order valence-electron chi connectivity index (χ2n) is 5.70. The first kappa shape index (κ1) is 21.0. The molecule has 0 saturated heterocycles. The van der Waals surface area contributed by atoms with Gasteiger partial charge < -0.3 is 14.8 Å². The number of sulfonamides is 1. The maximum Gasteiger partial charge on any atom is 0.245 e. The molecule has 27 heavy (non-hydrogen) atoms. The van der Waals surface area contributed by atoms with Gasteiger partial charge in [0.2, 0.25) is 15.9 Å². The molecule has 0 aromatic heterocycles. The molecule has 146 valence electrons. The Morgan fingerprint density at radius 3 is 2.37 bits per heavy atom. The van der Waals surface area contributed by atoms with Crippen LogP contribution in [0, 0.1) is 0 Å². The summed E-state index contributed by atoms with van der Waals surface area (Å²) >= 11 is 5.88. The first-order chi connectivity index (χ1) is 12.8. The van der Waals surface area contributed by atoms with Gasteiger partial charge in [-0.15, -0.1) is 0 Å². The fourth-order valence-electron chi connectivity index (χ4n) is 2.30. The fraction of sp³-hybridized carbons (Fsp3) is 0.278. The van der Waals surface area contributed by atoms with Gasteiger partial charge in [0, 0.05) is 11.6 Å². The minimum absolute atomic E-state index is 0.132. The average molecular weight is 413 g/mol. The smallest absolute Gasteiger partial charge is 0.245 e. The zero-order valence-corrected chi connectivity index (χ0v) is 16.7. The molecule has 0 bridgehead atoms. The standard InChI is InChI=1S/C18H21ClN2O5S/c1-12(18(22)20-11-13-4-7-15(25-2)8-5-13)21-27(23,24)17-10-14(19)6-9-16(17)26-3/h4-10,12,21H,11H2,1-3H3,(H,20,22)/t12-/m0/s1. The summed E-state index contributed by atoms with van der Waals surface area (Å²) in [5, 5.41) is 2.93. The summed E-state index contributed by atoms with van der Waals surface area (Å²) in [4.78, 5) is 12.1. The van der Waals surface area contributed by atoms with E-state index < -0.39 is 22.0 Å². The monoisotopic (exact) mass is 412 g/mol. The minimum Gasteiger partial charge on any atom is -0.497 e. The lowest BCUT2D eigenvalue weighted by molar-refractivity contribution is -0.122. The zero-order valence-electron chi connectivity index (χ0n) is 15.2. The summed E-state index contributed by atoms with van der Waals surface area (Å²) < 4.78 is 37.6. The van der Waals surface area contributed by atoms with Crippen molar-refractivity contribution >= 4 is 27.5 Å². The van der Waals surface area contributed by atoms with Crippen LogP contribution in [0.25, 0.3) is 0 Å². The molecule has 0 heterocycles. The van der Waals surface area contributed by atoms with E-state index in [-0.39, 0.29) is 22.2 Å². The van der Waals surface area contributed by atoms with Crippen molar-refractivity contribution in [2.75, 3.05) is 14.2 Å². The summed E-state index contributed by atoms with van der Waals surface area (Å²) in [7, 11) is -1.08. The minimum atomic E-state index is -4.00. The van der Waals surface area contributed by atoms with Crippen LogP contribution in [-0.2, 0) is 21.4 Å². The molecule has 0 unspecified atom stereocenters. The zero-order chi connectivity index (χ0) is 20.0. The van der Waals surface area contributed by atoms with Gasteiger partial charge in [-0.2, -0.15) is 4.72 Å². The number of benzene rings is 2. The number of nitrogens with one attached hydrogen (secondary N) is 2. The molecule has 2 aromatic rings. The van der Waals surface area contributed by atoms with E-state index in [1.807, 2.05) is 12.1 Å². The molecule has 0 spiro atoms. The van der Waals surface area contributed by atoms with E-state index in [0.717, 1.165) is 5.56 Å². The van der Waals surface area contributed by atoms with Crippen LogP contribution >= 0.6 is 11.6 Å². The Labute approximate surface area is 163 Å². The van der Waals surface area contributed by atoms with Crippen LogP contribution < -0.4 is 19.5 Å². The lowest BCUT2D eigenvalue weighted by Crippen LogP contribution is -2.44. The highest BCUT2D eigenvalue weighted by Crippen LogP contribution is 2.27. The van der Waals surface area contributed by atoms with Crippen molar-refractivity contribution in [3.05, 3.63) is 53.1 Å². The number of carbonyl (C=O) groups is 1. The predicted octanol–water partition coefficient (Wildman–Crippen LogP) is 2.34. The molecule has 2 aromatic carbocycles. The van der Waals surface area contributed by atoms with Gasteiger partial charge in [0.25, 0.3) is 0 Å². The van der Waals surface area contributed by atoms with Gasteiger partial charge in [-0.05, 0) is 42.8 Å². The third-order valence-electron chi connectivity index (χ3n) is 3.77. The molecule has 1 atom stereocenters. The quantitative estimate of drug-likeness (QED) is 0.694. The van der Waals surface area contributed by atoms with Crippen molar-refractivity contribution in [2.24, 2.45) is 0 Å². The van der Waals surface area contributed by atoms with Gasteiger partial charge in [-0.25, -0.2) is 8.42 Å². The third kappa shape index (κ3) is 5.59. The van der Waals surface area contributed by atoms with Crippen LogP contribution in [0.5, 0.6) is 11.5 Å². The van der Waals surface area contributed by atoms with Crippen molar-refractivity contribution in [2.45, 2.75) is 24.4 Å². The summed E-state index contributed by atoms with van der Waals surface area (Å²) in [5.74, 6) is 0.384. The molecule has 0 aliphatic heterocycles. The number of halogens is 1. The Hall–Kier alpha value is -2.29. The van der Waals surface area contributed by atoms with Gasteiger partial charge in [-0.1, -0.05) is 23.7 Å². The molecule has 1 amide bonds. The van der Waals surface area contributed by atoms with Gasteiger partial charge in [0.05, 0.1) is 20.3 Å². The van der Waals surface area contributed by atoms with Gasteiger partial charge >= 0.3 is 0 Å². The van der Waals surface area contributed by atoms with Crippen molar-refractivity contribution in [1.82, 2.24) is 10.0 Å². The summed E-state index contributed by atoms with van der Waals surface area (Å²) in [6, 6.07) is 10.4. The molecule has 0 aliphatic rings. The molecular weight excluding hydrogens is 392 g/mol. The second-order valence-corrected chi connectivity index (χ2v) is 7.82. The van der Waals surface area contributed by atoms with E-state index in [0.29, 0.717) is 5.75 Å². The van der Waals surface area contributed by atoms with Crippen molar-refractivity contribution in [3.8, 4) is 11.5 Å². The number of amides is 1. The predicted molar refractivity (Wildman–Crippen MR) is 103 cm³/mol. The second kappa shape index (κ2) is 9.07. The van der Waals surface area contributed by atoms with Crippen LogP contribution in [0.3, 0.4) is 0 Å². The van der Waals surface area contributed by atoms with Crippen LogP contribution in [0.15, 0.2) is 47.4 Å².